The topological polar surface area (TPSA) is 76.1 Å². The van der Waals surface area contributed by atoms with Gasteiger partial charge in [0.05, 0.1) is 12.8 Å². The molecule has 1 heterocycles. The first-order valence-corrected chi connectivity index (χ1v) is 8.22. The van der Waals surface area contributed by atoms with Gasteiger partial charge >= 0.3 is 0 Å². The lowest BCUT2D eigenvalue weighted by Gasteiger charge is -2.11. The zero-order valence-corrected chi connectivity index (χ0v) is 14.7. The van der Waals surface area contributed by atoms with Gasteiger partial charge in [-0.05, 0) is 36.2 Å². The van der Waals surface area contributed by atoms with Gasteiger partial charge in [0.2, 0.25) is 5.95 Å². The van der Waals surface area contributed by atoms with Crippen molar-refractivity contribution in [2.75, 3.05) is 17.7 Å². The van der Waals surface area contributed by atoms with Crippen molar-refractivity contribution in [1.82, 2.24) is 9.97 Å². The van der Waals surface area contributed by atoms with E-state index >= 15 is 0 Å². The van der Waals surface area contributed by atoms with Crippen LogP contribution >= 0.6 is 0 Å². The van der Waals surface area contributed by atoms with Crippen LogP contribution in [-0.2, 0) is 6.54 Å². The van der Waals surface area contributed by atoms with Crippen LogP contribution in [0.2, 0.25) is 0 Å². The minimum Gasteiger partial charge on any atom is -0.495 e. The van der Waals surface area contributed by atoms with Gasteiger partial charge in [0.1, 0.15) is 11.4 Å². The number of aromatic nitrogens is 2. The van der Waals surface area contributed by atoms with Crippen molar-refractivity contribution in [1.29, 1.82) is 0 Å². The third-order valence-electron chi connectivity index (χ3n) is 3.78. The van der Waals surface area contributed by atoms with E-state index in [4.69, 9.17) is 4.74 Å². The van der Waals surface area contributed by atoms with E-state index in [1.165, 1.54) is 0 Å². The second kappa shape index (κ2) is 8.11. The number of hydrogen-bond donors (Lipinski definition) is 2. The molecular weight excluding hydrogens is 328 g/mol. The molecule has 1 aromatic heterocycles. The predicted molar refractivity (Wildman–Crippen MR) is 101 cm³/mol. The average molecular weight is 348 g/mol. The Hall–Kier alpha value is -3.41. The van der Waals surface area contributed by atoms with E-state index in [0.717, 1.165) is 11.1 Å². The molecule has 0 aliphatic rings. The lowest BCUT2D eigenvalue weighted by molar-refractivity contribution is 0.102. The molecule has 6 heteroatoms. The third-order valence-corrected chi connectivity index (χ3v) is 3.78. The molecule has 0 saturated carbocycles. The quantitative estimate of drug-likeness (QED) is 0.711. The van der Waals surface area contributed by atoms with Crippen molar-refractivity contribution in [3.8, 4) is 5.75 Å². The maximum absolute atomic E-state index is 12.5. The molecule has 0 radical (unpaired) electrons. The number of hydrogen-bond acceptors (Lipinski definition) is 5. The SMILES string of the molecule is COc1ccc(C)cc1NC(=O)c1ccnc(NCc2ccccc2)n1. The van der Waals surface area contributed by atoms with Crippen LogP contribution < -0.4 is 15.4 Å². The van der Waals surface area contributed by atoms with Crippen LogP contribution in [0.1, 0.15) is 21.6 Å². The summed E-state index contributed by atoms with van der Waals surface area (Å²) >= 11 is 0. The van der Waals surface area contributed by atoms with Crippen molar-refractivity contribution in [3.63, 3.8) is 0 Å². The summed E-state index contributed by atoms with van der Waals surface area (Å²) in [6.45, 7) is 2.53. The first kappa shape index (κ1) is 17.4. The van der Waals surface area contributed by atoms with Gasteiger partial charge in [-0.1, -0.05) is 36.4 Å². The molecule has 0 saturated heterocycles. The Bertz CT molecular complexity index is 897. The molecule has 1 amide bonds. The highest BCUT2D eigenvalue weighted by Crippen LogP contribution is 2.25. The zero-order valence-electron chi connectivity index (χ0n) is 14.7. The summed E-state index contributed by atoms with van der Waals surface area (Å²) in [5.41, 5.74) is 3.01. The second-order valence-electron chi connectivity index (χ2n) is 5.76. The highest BCUT2D eigenvalue weighted by atomic mass is 16.5. The number of rotatable bonds is 6. The van der Waals surface area contributed by atoms with Crippen LogP contribution in [-0.4, -0.2) is 23.0 Å². The van der Waals surface area contributed by atoms with Gasteiger partial charge in [-0.25, -0.2) is 9.97 Å². The van der Waals surface area contributed by atoms with Crippen LogP contribution in [0.4, 0.5) is 11.6 Å². The lowest BCUT2D eigenvalue weighted by Crippen LogP contribution is -2.16. The third kappa shape index (κ3) is 4.36. The number of ether oxygens (including phenoxy) is 1. The largest absolute Gasteiger partial charge is 0.495 e. The van der Waals surface area contributed by atoms with Crippen LogP contribution in [0.5, 0.6) is 5.75 Å². The smallest absolute Gasteiger partial charge is 0.274 e. The number of carbonyl (C=O) groups is 1. The van der Waals surface area contributed by atoms with Gasteiger partial charge in [-0.2, -0.15) is 0 Å². The Labute approximate surface area is 152 Å². The van der Waals surface area contributed by atoms with Crippen molar-refractivity contribution >= 4 is 17.5 Å². The summed E-state index contributed by atoms with van der Waals surface area (Å²) in [5.74, 6) is 0.678. The molecule has 0 aliphatic heterocycles. The van der Waals surface area contributed by atoms with E-state index in [-0.39, 0.29) is 11.6 Å². The predicted octanol–water partition coefficient (Wildman–Crippen LogP) is 3.66. The number of methoxy groups -OCH3 is 1. The lowest BCUT2D eigenvalue weighted by atomic mass is 10.2. The van der Waals surface area contributed by atoms with E-state index < -0.39 is 0 Å². The molecule has 0 aliphatic carbocycles. The number of benzene rings is 2. The molecule has 0 fully saturated rings. The molecule has 3 rings (SSSR count). The van der Waals surface area contributed by atoms with Gasteiger partial charge in [0.25, 0.3) is 5.91 Å². The highest BCUT2D eigenvalue weighted by Gasteiger charge is 2.12. The average Bonchev–Trinajstić information content (AvgIpc) is 2.67. The molecule has 26 heavy (non-hydrogen) atoms. The number of nitrogens with one attached hydrogen (secondary N) is 2. The van der Waals surface area contributed by atoms with Crippen molar-refractivity contribution in [2.45, 2.75) is 13.5 Å². The van der Waals surface area contributed by atoms with E-state index in [0.29, 0.717) is 23.9 Å². The molecule has 2 aromatic carbocycles. The minimum absolute atomic E-state index is 0.277. The summed E-state index contributed by atoms with van der Waals surface area (Å²) in [7, 11) is 1.57. The molecule has 132 valence electrons. The Morgan fingerprint density at radius 3 is 2.69 bits per heavy atom. The zero-order chi connectivity index (χ0) is 18.4. The molecule has 0 spiro atoms. The number of nitrogens with zero attached hydrogens (tertiary/aromatic N) is 2. The fourth-order valence-electron chi connectivity index (χ4n) is 2.45. The Balaban J connectivity index is 1.71. The molecule has 0 bridgehead atoms. The van der Waals surface area contributed by atoms with Crippen molar-refractivity contribution < 1.29 is 9.53 Å². The molecule has 2 N–H and O–H groups in total. The van der Waals surface area contributed by atoms with Gasteiger partial charge in [-0.3, -0.25) is 4.79 Å². The second-order valence-corrected chi connectivity index (χ2v) is 5.76. The normalized spacial score (nSPS) is 10.2. The van der Waals surface area contributed by atoms with E-state index in [9.17, 15) is 4.79 Å². The fraction of sp³-hybridized carbons (Fsp3) is 0.150. The molecule has 0 atom stereocenters. The summed E-state index contributed by atoms with van der Waals surface area (Å²) < 4.78 is 5.29. The van der Waals surface area contributed by atoms with Crippen LogP contribution in [0.25, 0.3) is 0 Å². The maximum atomic E-state index is 12.5. The number of aryl methyl sites for hydroxylation is 1. The molecule has 0 unspecified atom stereocenters. The van der Waals surface area contributed by atoms with Crippen LogP contribution in [0, 0.1) is 6.92 Å². The van der Waals surface area contributed by atoms with E-state index in [1.54, 1.807) is 19.4 Å². The van der Waals surface area contributed by atoms with Crippen molar-refractivity contribution in [3.05, 3.63) is 77.6 Å². The van der Waals surface area contributed by atoms with Crippen LogP contribution in [0.3, 0.4) is 0 Å². The molecule has 6 nitrogen and oxygen atoms in total. The van der Waals surface area contributed by atoms with Gasteiger partial charge in [0, 0.05) is 12.7 Å². The summed E-state index contributed by atoms with van der Waals surface area (Å²) in [4.78, 5) is 21.0. The Morgan fingerprint density at radius 2 is 1.92 bits per heavy atom. The van der Waals surface area contributed by atoms with E-state index in [2.05, 4.69) is 20.6 Å². The maximum Gasteiger partial charge on any atom is 0.274 e. The Morgan fingerprint density at radius 1 is 1.12 bits per heavy atom. The first-order valence-electron chi connectivity index (χ1n) is 8.22. The van der Waals surface area contributed by atoms with E-state index in [1.807, 2.05) is 55.5 Å². The summed E-state index contributed by atoms with van der Waals surface area (Å²) in [6, 6.07) is 17.1. The molecule has 3 aromatic rings. The monoisotopic (exact) mass is 348 g/mol. The molecular formula is C20H20N4O2. The summed E-state index contributed by atoms with van der Waals surface area (Å²) in [5, 5.41) is 5.96. The standard InChI is InChI=1S/C20H20N4O2/c1-14-8-9-18(26-2)17(12-14)23-19(25)16-10-11-21-20(24-16)22-13-15-6-4-3-5-7-15/h3-12H,13H2,1-2H3,(H,23,25)(H,21,22,24). The first-order chi connectivity index (χ1) is 12.7. The minimum atomic E-state index is -0.320. The number of anilines is 2. The number of amides is 1. The van der Waals surface area contributed by atoms with Gasteiger partial charge < -0.3 is 15.4 Å². The summed E-state index contributed by atoms with van der Waals surface area (Å²) in [6.07, 6.45) is 1.56. The fourth-order valence-corrected chi connectivity index (χ4v) is 2.45. The number of carbonyl (C=O) groups excluding carboxylic acids is 1. The van der Waals surface area contributed by atoms with Crippen molar-refractivity contribution in [2.24, 2.45) is 0 Å². The van der Waals surface area contributed by atoms with Gasteiger partial charge in [0.15, 0.2) is 0 Å². The Kier molecular flexibility index (Phi) is 5.43. The van der Waals surface area contributed by atoms with Crippen LogP contribution in [0.15, 0.2) is 60.8 Å². The highest BCUT2D eigenvalue weighted by molar-refractivity contribution is 6.03. The van der Waals surface area contributed by atoms with Gasteiger partial charge in [-0.15, -0.1) is 0 Å².